The molecule has 24 aromatic rings. The van der Waals surface area contributed by atoms with E-state index >= 15 is 0 Å². The molecule has 0 atom stereocenters. The molecule has 0 fully saturated rings. The van der Waals surface area contributed by atoms with Gasteiger partial charge in [-0.3, -0.25) is 0 Å². The maximum absolute atomic E-state index is 2.46. The molecule has 0 saturated carbocycles. The number of hydrogen-bond donors (Lipinski definition) is 0. The average molecular weight is 1910 g/mol. The van der Waals surface area contributed by atoms with E-state index in [1.54, 1.807) is 0 Å². The number of benzene rings is 24. The third-order valence-corrected chi connectivity index (χ3v) is 32.1. The molecular weight excluding hydrogens is 1810 g/mol. The number of anilines is 6. The van der Waals surface area contributed by atoms with Crippen LogP contribution in [0.4, 0.5) is 34.1 Å². The van der Waals surface area contributed by atoms with Crippen LogP contribution in [0.2, 0.25) is 0 Å². The zero-order valence-corrected chi connectivity index (χ0v) is 82.8. The lowest BCUT2D eigenvalue weighted by atomic mass is 9.67. The molecule has 150 heavy (non-hydrogen) atoms. The second-order valence-corrected chi connectivity index (χ2v) is 39.8. The second kappa shape index (κ2) is 37.8. The highest BCUT2D eigenvalue weighted by atomic mass is 15.1. The highest BCUT2D eigenvalue weighted by Gasteiger charge is 2.51. The summed E-state index contributed by atoms with van der Waals surface area (Å²) >= 11 is 0. The van der Waals surface area contributed by atoms with Crippen LogP contribution in [-0.2, 0) is 21.7 Å². The van der Waals surface area contributed by atoms with E-state index in [-0.39, 0.29) is 0 Å². The minimum Gasteiger partial charge on any atom is -0.310 e. The SMILES string of the molecule is c1ccc(-c2ccc(-c3ccc(N(c4ccc(-c5ccc6c(c5)C(c5ccccc5)(c5ccccc5)c5ccccc5-6)cc4)c4ccc5c(c4)-c4ccccc4C5(c4ccccc4)c4ccccc4)cc3)cc2)cc1.c1ccc(-c2cccc(-c3ccc(N(c4ccc(-c5ccc6c(c5)C(c5ccccc5)(c5ccccc5)c5ccccc5-6)cc4)c4ccc5c(c4)-c4ccccc4C5(c4ccccc4)c4ccccc4)cc3)c2)cc1. The lowest BCUT2D eigenvalue weighted by molar-refractivity contribution is 0.768. The molecule has 4 aliphatic rings. The third-order valence-electron chi connectivity index (χ3n) is 32.1. The lowest BCUT2D eigenvalue weighted by Crippen LogP contribution is -2.28. The van der Waals surface area contributed by atoms with Crippen molar-refractivity contribution < 1.29 is 0 Å². The first kappa shape index (κ1) is 89.7. The smallest absolute Gasteiger partial charge is 0.0713 e. The maximum atomic E-state index is 2.46. The van der Waals surface area contributed by atoms with Crippen LogP contribution in [0, 0.1) is 0 Å². The lowest BCUT2D eigenvalue weighted by Gasteiger charge is -2.34. The molecule has 0 aromatic heterocycles. The first-order valence-corrected chi connectivity index (χ1v) is 52.1. The maximum Gasteiger partial charge on any atom is 0.0713 e. The minimum atomic E-state index is -0.481. The molecule has 0 amide bonds. The molecule has 0 unspecified atom stereocenters. The van der Waals surface area contributed by atoms with Crippen molar-refractivity contribution in [3.8, 4) is 111 Å². The van der Waals surface area contributed by atoms with E-state index in [1.807, 2.05) is 0 Å². The number of hydrogen-bond acceptors (Lipinski definition) is 2. The van der Waals surface area contributed by atoms with Crippen LogP contribution in [0.1, 0.15) is 89.0 Å². The highest BCUT2D eigenvalue weighted by Crippen LogP contribution is 2.63. The monoisotopic (exact) mass is 1910 g/mol. The first-order valence-electron chi connectivity index (χ1n) is 52.1. The van der Waals surface area contributed by atoms with Gasteiger partial charge in [0.2, 0.25) is 0 Å². The number of fused-ring (bicyclic) bond motifs is 12. The van der Waals surface area contributed by atoms with Gasteiger partial charge < -0.3 is 9.80 Å². The Balaban J connectivity index is 0.000000148. The molecular formula is C148H102N2. The predicted molar refractivity (Wildman–Crippen MR) is 624 cm³/mol. The van der Waals surface area contributed by atoms with Gasteiger partial charge in [-0.2, -0.15) is 0 Å². The number of rotatable bonds is 20. The van der Waals surface area contributed by atoms with Gasteiger partial charge in [0.15, 0.2) is 0 Å². The van der Waals surface area contributed by atoms with Crippen molar-refractivity contribution >= 4 is 34.1 Å². The molecule has 704 valence electrons. The van der Waals surface area contributed by atoms with Crippen LogP contribution in [0.3, 0.4) is 0 Å². The Hall–Kier alpha value is -19.1. The minimum absolute atomic E-state index is 0.470. The van der Waals surface area contributed by atoms with Crippen LogP contribution < -0.4 is 9.80 Å². The van der Waals surface area contributed by atoms with Crippen molar-refractivity contribution in [2.45, 2.75) is 21.7 Å². The van der Waals surface area contributed by atoms with Crippen LogP contribution in [-0.4, -0.2) is 0 Å². The normalized spacial score (nSPS) is 13.3. The molecule has 0 bridgehead atoms. The predicted octanol–water partition coefficient (Wildman–Crippen LogP) is 37.8. The van der Waals surface area contributed by atoms with Gasteiger partial charge in [-0.1, -0.05) is 528 Å². The van der Waals surface area contributed by atoms with E-state index in [9.17, 15) is 0 Å². The van der Waals surface area contributed by atoms with Gasteiger partial charge in [-0.25, -0.2) is 0 Å². The van der Waals surface area contributed by atoms with Gasteiger partial charge in [-0.05, 0) is 291 Å². The Labute approximate surface area is 878 Å². The van der Waals surface area contributed by atoms with E-state index in [2.05, 4.69) is 629 Å². The topological polar surface area (TPSA) is 6.48 Å². The number of nitrogens with zero attached hydrogens (tertiary/aromatic N) is 2. The average Bonchev–Trinajstić information content (AvgIpc) is 1.55. The van der Waals surface area contributed by atoms with Gasteiger partial charge in [0.05, 0.1) is 21.7 Å². The van der Waals surface area contributed by atoms with Crippen molar-refractivity contribution in [2.75, 3.05) is 9.80 Å². The van der Waals surface area contributed by atoms with Crippen molar-refractivity contribution in [2.24, 2.45) is 0 Å². The van der Waals surface area contributed by atoms with Gasteiger partial charge in [0.25, 0.3) is 0 Å². The molecule has 4 aliphatic carbocycles. The van der Waals surface area contributed by atoms with E-state index in [4.69, 9.17) is 0 Å². The summed E-state index contributed by atoms with van der Waals surface area (Å²) in [6.07, 6.45) is 0. The first-order chi connectivity index (χ1) is 74.4. The van der Waals surface area contributed by atoms with Crippen molar-refractivity contribution in [1.82, 2.24) is 0 Å². The highest BCUT2D eigenvalue weighted by molar-refractivity contribution is 5.97. The van der Waals surface area contributed by atoms with E-state index < -0.39 is 21.7 Å². The summed E-state index contributed by atoms with van der Waals surface area (Å²) in [7, 11) is 0. The molecule has 0 aliphatic heterocycles. The van der Waals surface area contributed by atoms with E-state index in [1.165, 1.54) is 200 Å². The van der Waals surface area contributed by atoms with Crippen molar-refractivity contribution in [3.05, 3.63) is 708 Å². The molecule has 0 radical (unpaired) electrons. The fourth-order valence-corrected chi connectivity index (χ4v) is 25.5. The van der Waals surface area contributed by atoms with Crippen LogP contribution >= 0.6 is 0 Å². The molecule has 2 heteroatoms. The molecule has 0 heterocycles. The summed E-state index contributed by atoms with van der Waals surface area (Å²) in [4.78, 5) is 4.85. The van der Waals surface area contributed by atoms with Crippen LogP contribution in [0.5, 0.6) is 0 Å². The Morgan fingerprint density at radius 1 is 0.0933 bits per heavy atom. The van der Waals surface area contributed by atoms with Crippen molar-refractivity contribution in [1.29, 1.82) is 0 Å². The summed E-state index contributed by atoms with van der Waals surface area (Å²) in [6, 6.07) is 229. The Kier molecular flexibility index (Phi) is 22.6. The Bertz CT molecular complexity index is 8920. The van der Waals surface area contributed by atoms with Gasteiger partial charge in [-0.15, -0.1) is 0 Å². The summed E-state index contributed by atoms with van der Waals surface area (Å²) in [5.74, 6) is 0. The summed E-state index contributed by atoms with van der Waals surface area (Å²) in [5, 5.41) is 0. The van der Waals surface area contributed by atoms with E-state index in [0.717, 1.165) is 34.1 Å². The van der Waals surface area contributed by atoms with Gasteiger partial charge >= 0.3 is 0 Å². The van der Waals surface area contributed by atoms with Crippen LogP contribution in [0.15, 0.2) is 619 Å². The van der Waals surface area contributed by atoms with Crippen LogP contribution in [0.25, 0.3) is 111 Å². The van der Waals surface area contributed by atoms with E-state index in [0.29, 0.717) is 0 Å². The summed E-state index contributed by atoms with van der Waals surface area (Å²) < 4.78 is 0. The summed E-state index contributed by atoms with van der Waals surface area (Å²) in [6.45, 7) is 0. The van der Waals surface area contributed by atoms with Crippen molar-refractivity contribution in [3.63, 3.8) is 0 Å². The van der Waals surface area contributed by atoms with Gasteiger partial charge in [0, 0.05) is 34.1 Å². The summed E-state index contributed by atoms with van der Waals surface area (Å²) in [5.41, 5.74) is 49.5. The molecule has 0 spiro atoms. The molecule has 2 nitrogen and oxygen atoms in total. The Morgan fingerprint density at radius 2 is 0.260 bits per heavy atom. The third kappa shape index (κ3) is 14.8. The zero-order valence-electron chi connectivity index (χ0n) is 82.8. The second-order valence-electron chi connectivity index (χ2n) is 39.8. The fraction of sp³-hybridized carbons (Fsp3) is 0.0270. The molecule has 0 saturated heterocycles. The quantitative estimate of drug-likeness (QED) is 0.0750. The zero-order chi connectivity index (χ0) is 99.5. The van der Waals surface area contributed by atoms with Gasteiger partial charge in [0.1, 0.15) is 0 Å². The standard InChI is InChI=1S/2C74H51N/c1-6-21-52(22-7-1)55-23-20-24-56(49-55)53-37-42-62(43-38-53)75(64-46-48-71-68(51-64)66-34-17-19-36-70(66)73(71,58-25-8-2-9-26-58)59-27-10-3-11-28-59)63-44-39-54(40-45-63)57-41-47-67-65-33-16-18-35-69(65)74(72(67)50-57,60-29-12-4-13-30-60)61-31-14-5-15-32-61;1-6-20-52(21-7-1)53-34-36-54(37-35-53)55-38-43-62(44-39-55)75(64-47-49-71-68(51-64)66-31-17-19-33-70(66)73(71,58-22-8-2-9-23-58)59-24-10-3-11-25-59)63-45-40-56(41-46-63)57-42-48-67-65-30-16-18-32-69(65)74(72(67)50-57,60-26-12-4-13-27-60)61-28-14-5-15-29-61/h2*1-51H. The molecule has 24 aromatic carbocycles. The Morgan fingerprint density at radius 3 is 0.527 bits per heavy atom. The fourth-order valence-electron chi connectivity index (χ4n) is 25.5. The molecule has 28 rings (SSSR count). The molecule has 0 N–H and O–H groups in total. The largest absolute Gasteiger partial charge is 0.310 e.